The molecule has 0 aromatic rings. The first-order chi connectivity index (χ1) is 8.59. The van der Waals surface area contributed by atoms with Gasteiger partial charge in [-0.3, -0.25) is 0 Å². The second-order valence-corrected chi connectivity index (χ2v) is 6.55. The summed E-state index contributed by atoms with van der Waals surface area (Å²) < 4.78 is 22.1. The molecule has 2 saturated heterocycles. The zero-order chi connectivity index (χ0) is 14.4. The van der Waals surface area contributed by atoms with Crippen molar-refractivity contribution in [1.82, 2.24) is 0 Å². The molecule has 6 heteroatoms. The van der Waals surface area contributed by atoms with Crippen LogP contribution in [0.3, 0.4) is 0 Å². The first-order valence-corrected chi connectivity index (χ1v) is 6.60. The van der Waals surface area contributed by atoms with Gasteiger partial charge < -0.3 is 29.2 Å². The highest BCUT2D eigenvalue weighted by molar-refractivity contribution is 4.95. The Morgan fingerprint density at radius 2 is 1.89 bits per heavy atom. The largest absolute Gasteiger partial charge is 0.388 e. The van der Waals surface area contributed by atoms with Gasteiger partial charge in [-0.05, 0) is 34.6 Å². The summed E-state index contributed by atoms with van der Waals surface area (Å²) in [6.07, 6.45) is -3.81. The predicted molar refractivity (Wildman–Crippen MR) is 66.4 cm³/mol. The van der Waals surface area contributed by atoms with E-state index in [4.69, 9.17) is 18.9 Å². The van der Waals surface area contributed by atoms with Gasteiger partial charge in [0.2, 0.25) is 0 Å². The molecule has 6 nitrogen and oxygen atoms in total. The molecule has 0 amide bonds. The summed E-state index contributed by atoms with van der Waals surface area (Å²) in [5, 5.41) is 20.2. The molecule has 0 aliphatic carbocycles. The molecule has 2 rings (SSSR count). The van der Waals surface area contributed by atoms with Crippen LogP contribution >= 0.6 is 0 Å². The van der Waals surface area contributed by atoms with Crippen molar-refractivity contribution >= 4 is 0 Å². The summed E-state index contributed by atoms with van der Waals surface area (Å²) in [6, 6.07) is 0. The van der Waals surface area contributed by atoms with Crippen LogP contribution in [0, 0.1) is 0 Å². The first-order valence-electron chi connectivity index (χ1n) is 6.60. The van der Waals surface area contributed by atoms with Gasteiger partial charge in [-0.15, -0.1) is 0 Å². The summed E-state index contributed by atoms with van der Waals surface area (Å²) in [6.45, 7) is 9.30. The number of fused-ring (bicyclic) bond motifs is 1. The van der Waals surface area contributed by atoms with Gasteiger partial charge in [-0.1, -0.05) is 0 Å². The third-order valence-corrected chi connectivity index (χ3v) is 3.12. The topological polar surface area (TPSA) is 77.4 Å². The van der Waals surface area contributed by atoms with Gasteiger partial charge in [0.05, 0.1) is 12.2 Å². The van der Waals surface area contributed by atoms with Crippen molar-refractivity contribution in [2.24, 2.45) is 0 Å². The number of hydrogen-bond donors (Lipinski definition) is 2. The zero-order valence-corrected chi connectivity index (χ0v) is 12.1. The number of ether oxygens (including phenoxy) is 4. The van der Waals surface area contributed by atoms with Crippen molar-refractivity contribution in [2.45, 2.75) is 76.7 Å². The first kappa shape index (κ1) is 15.2. The Labute approximate surface area is 113 Å². The highest BCUT2D eigenvalue weighted by Crippen LogP contribution is 2.38. The smallest absolute Gasteiger partial charge is 0.190 e. The summed E-state index contributed by atoms with van der Waals surface area (Å²) in [4.78, 5) is 0. The van der Waals surface area contributed by atoms with E-state index >= 15 is 0 Å². The Kier molecular flexibility index (Phi) is 3.94. The molecule has 0 aromatic heterocycles. The molecule has 2 fully saturated rings. The average molecular weight is 276 g/mol. The van der Waals surface area contributed by atoms with Gasteiger partial charge in [-0.2, -0.15) is 0 Å². The zero-order valence-electron chi connectivity index (χ0n) is 12.1. The fraction of sp³-hybridized carbons (Fsp3) is 1.00. The molecule has 2 N–H and O–H groups in total. The molecule has 0 radical (unpaired) electrons. The van der Waals surface area contributed by atoms with Gasteiger partial charge in [0.25, 0.3) is 0 Å². The quantitative estimate of drug-likeness (QED) is 0.777. The van der Waals surface area contributed by atoms with Crippen LogP contribution < -0.4 is 0 Å². The van der Waals surface area contributed by atoms with Crippen LogP contribution in [0.4, 0.5) is 0 Å². The van der Waals surface area contributed by atoms with Crippen molar-refractivity contribution < 1.29 is 29.2 Å². The third-order valence-electron chi connectivity index (χ3n) is 3.12. The van der Waals surface area contributed by atoms with Crippen LogP contribution in [0.25, 0.3) is 0 Å². The Hall–Kier alpha value is -0.240. The molecule has 2 aliphatic heterocycles. The number of aliphatic hydroxyl groups is 2. The van der Waals surface area contributed by atoms with Gasteiger partial charge in [0.1, 0.15) is 24.4 Å². The molecule has 2 heterocycles. The lowest BCUT2D eigenvalue weighted by atomic mass is 10.1. The van der Waals surface area contributed by atoms with E-state index in [2.05, 4.69) is 0 Å². The lowest BCUT2D eigenvalue weighted by Crippen LogP contribution is -2.43. The van der Waals surface area contributed by atoms with Crippen LogP contribution in [0.1, 0.15) is 34.6 Å². The predicted octanol–water partition coefficient (Wildman–Crippen LogP) is 0.400. The Morgan fingerprint density at radius 3 is 2.42 bits per heavy atom. The Morgan fingerprint density at radius 1 is 1.26 bits per heavy atom. The lowest BCUT2D eigenvalue weighted by molar-refractivity contribution is -0.230. The van der Waals surface area contributed by atoms with E-state index in [1.807, 2.05) is 20.8 Å². The van der Waals surface area contributed by atoms with Crippen LogP contribution in [0.2, 0.25) is 0 Å². The minimum absolute atomic E-state index is 0.0913. The van der Waals surface area contributed by atoms with Crippen LogP contribution in [0.5, 0.6) is 0 Å². The van der Waals surface area contributed by atoms with Crippen molar-refractivity contribution in [3.63, 3.8) is 0 Å². The van der Waals surface area contributed by atoms with Crippen molar-refractivity contribution in [2.75, 3.05) is 6.61 Å². The average Bonchev–Trinajstić information content (AvgIpc) is 2.69. The SMILES string of the molecule is CC(C)(C)OC[C@@H](O)[C@H]1O[C@@H]2OC(C)(C)O[C@@H]2[C@@H]1O. The molecule has 112 valence electrons. The van der Waals surface area contributed by atoms with E-state index in [1.165, 1.54) is 0 Å². The second-order valence-electron chi connectivity index (χ2n) is 6.55. The molecule has 19 heavy (non-hydrogen) atoms. The van der Waals surface area contributed by atoms with E-state index in [1.54, 1.807) is 13.8 Å². The Bertz CT molecular complexity index is 324. The van der Waals surface area contributed by atoms with E-state index in [0.29, 0.717) is 0 Å². The highest BCUT2D eigenvalue weighted by atomic mass is 16.8. The molecule has 5 atom stereocenters. The van der Waals surface area contributed by atoms with E-state index in [9.17, 15) is 10.2 Å². The molecule has 0 bridgehead atoms. The summed E-state index contributed by atoms with van der Waals surface area (Å²) in [5.41, 5.74) is -0.352. The second kappa shape index (κ2) is 4.95. The summed E-state index contributed by atoms with van der Waals surface area (Å²) >= 11 is 0. The van der Waals surface area contributed by atoms with Crippen molar-refractivity contribution in [3.8, 4) is 0 Å². The van der Waals surface area contributed by atoms with E-state index in [-0.39, 0.29) is 12.2 Å². The molecular formula is C13H24O6. The molecule has 0 unspecified atom stereocenters. The lowest BCUT2D eigenvalue weighted by Gasteiger charge is -2.28. The molecular weight excluding hydrogens is 252 g/mol. The van der Waals surface area contributed by atoms with Crippen LogP contribution in [-0.4, -0.2) is 58.9 Å². The van der Waals surface area contributed by atoms with Gasteiger partial charge >= 0.3 is 0 Å². The molecule has 0 spiro atoms. The minimum Gasteiger partial charge on any atom is -0.388 e. The number of aliphatic hydroxyl groups excluding tert-OH is 2. The minimum atomic E-state index is -0.926. The van der Waals surface area contributed by atoms with Gasteiger partial charge in [0.15, 0.2) is 12.1 Å². The normalized spacial score (nSPS) is 39.3. The number of rotatable bonds is 3. The monoisotopic (exact) mass is 276 g/mol. The summed E-state index contributed by atoms with van der Waals surface area (Å²) in [7, 11) is 0. The maximum atomic E-state index is 10.1. The maximum Gasteiger partial charge on any atom is 0.190 e. The molecule has 2 aliphatic rings. The van der Waals surface area contributed by atoms with Gasteiger partial charge in [0, 0.05) is 0 Å². The van der Waals surface area contributed by atoms with Crippen LogP contribution in [-0.2, 0) is 18.9 Å². The van der Waals surface area contributed by atoms with E-state index < -0.39 is 36.5 Å². The fourth-order valence-corrected chi connectivity index (χ4v) is 2.26. The molecule has 0 aromatic carbocycles. The highest BCUT2D eigenvalue weighted by Gasteiger charge is 2.55. The third kappa shape index (κ3) is 3.45. The number of hydrogen-bond acceptors (Lipinski definition) is 6. The fourth-order valence-electron chi connectivity index (χ4n) is 2.26. The Balaban J connectivity index is 1.91. The van der Waals surface area contributed by atoms with Gasteiger partial charge in [-0.25, -0.2) is 0 Å². The standard InChI is InChI=1S/C13H24O6/c1-12(2,3)16-6-7(14)9-8(15)10-11(17-9)19-13(4,5)18-10/h7-11,14-15H,6H2,1-5H3/t7-,8-,9-,10-,11-/m1/s1. The van der Waals surface area contributed by atoms with Crippen LogP contribution in [0.15, 0.2) is 0 Å². The molecule has 0 saturated carbocycles. The van der Waals surface area contributed by atoms with E-state index in [0.717, 1.165) is 0 Å². The van der Waals surface area contributed by atoms with Crippen molar-refractivity contribution in [3.05, 3.63) is 0 Å². The van der Waals surface area contributed by atoms with Crippen molar-refractivity contribution in [1.29, 1.82) is 0 Å². The maximum absolute atomic E-state index is 10.1. The summed E-state index contributed by atoms with van der Waals surface area (Å²) in [5.74, 6) is -0.770.